The fraction of sp³-hybridized carbons (Fsp3) is 0. The Morgan fingerprint density at radius 1 is 1.20 bits per heavy atom. The molecule has 0 amide bonds. The second-order valence-electron chi connectivity index (χ2n) is 2.67. The quantitative estimate of drug-likeness (QED) is 0.404. The third-order valence-corrected chi connectivity index (χ3v) is 3.51. The van der Waals surface area contributed by atoms with Gasteiger partial charge < -0.3 is 0 Å². The molecule has 2 nitrogen and oxygen atoms in total. The van der Waals surface area contributed by atoms with Crippen molar-refractivity contribution in [2.24, 2.45) is 0 Å². The van der Waals surface area contributed by atoms with Gasteiger partial charge in [-0.05, 0) is 33.6 Å². The average Bonchev–Trinajstić information content (AvgIpc) is 2.17. The minimum atomic E-state index is -0.608. The van der Waals surface area contributed by atoms with E-state index in [1.165, 1.54) is 6.07 Å². The molecular formula is C8HBrCl3FN2. The molecule has 15 heavy (non-hydrogen) atoms. The highest BCUT2D eigenvalue weighted by atomic mass is 79.9. The van der Waals surface area contributed by atoms with E-state index < -0.39 is 5.82 Å². The molecular weight excluding hydrogens is 329 g/mol. The molecule has 0 aliphatic heterocycles. The lowest BCUT2D eigenvalue weighted by Crippen LogP contribution is -1.92. The van der Waals surface area contributed by atoms with E-state index >= 15 is 0 Å². The molecule has 0 spiro atoms. The summed E-state index contributed by atoms with van der Waals surface area (Å²) in [6.45, 7) is 0. The van der Waals surface area contributed by atoms with Crippen molar-refractivity contribution in [2.75, 3.05) is 0 Å². The molecule has 0 aliphatic rings. The van der Waals surface area contributed by atoms with E-state index in [-0.39, 0.29) is 25.4 Å². The summed E-state index contributed by atoms with van der Waals surface area (Å²) in [4.78, 5) is 7.44. The highest BCUT2D eigenvalue weighted by Gasteiger charge is 2.15. The number of hydrogen-bond donors (Lipinski definition) is 0. The molecule has 2 rings (SSSR count). The first-order valence-electron chi connectivity index (χ1n) is 3.67. The molecule has 2 aromatic rings. The molecule has 0 unspecified atom stereocenters. The molecule has 0 radical (unpaired) electrons. The normalized spacial score (nSPS) is 11.0. The molecule has 0 bridgehead atoms. The Bertz CT molecular complexity index is 561. The third-order valence-electron chi connectivity index (χ3n) is 1.75. The fourth-order valence-electron chi connectivity index (χ4n) is 1.11. The lowest BCUT2D eigenvalue weighted by Gasteiger charge is -2.04. The van der Waals surface area contributed by atoms with Gasteiger partial charge in [-0.2, -0.15) is 0 Å². The van der Waals surface area contributed by atoms with Crippen LogP contribution in [-0.2, 0) is 0 Å². The summed E-state index contributed by atoms with van der Waals surface area (Å²) in [5, 5.41) is 0.485. The fourth-order valence-corrected chi connectivity index (χ4v) is 2.04. The van der Waals surface area contributed by atoms with Gasteiger partial charge in [0.2, 0.25) is 5.28 Å². The number of fused-ring (bicyclic) bond motifs is 1. The Hall–Kier alpha value is -0.160. The van der Waals surface area contributed by atoms with Gasteiger partial charge in [0, 0.05) is 5.39 Å². The molecule has 7 heteroatoms. The molecule has 1 aromatic carbocycles. The molecule has 1 aromatic heterocycles. The topological polar surface area (TPSA) is 25.8 Å². The Kier molecular flexibility index (Phi) is 3.03. The van der Waals surface area contributed by atoms with Crippen molar-refractivity contribution in [1.29, 1.82) is 0 Å². The Labute approximate surface area is 107 Å². The Balaban J connectivity index is 2.98. The van der Waals surface area contributed by atoms with Crippen LogP contribution in [0.5, 0.6) is 0 Å². The molecule has 0 atom stereocenters. The van der Waals surface area contributed by atoms with Gasteiger partial charge in [-0.3, -0.25) is 0 Å². The van der Waals surface area contributed by atoms with Gasteiger partial charge in [0.05, 0.1) is 9.50 Å². The Morgan fingerprint density at radius 3 is 2.53 bits per heavy atom. The van der Waals surface area contributed by atoms with Crippen molar-refractivity contribution < 1.29 is 4.39 Å². The minimum absolute atomic E-state index is 0.0382. The van der Waals surface area contributed by atoms with Crippen LogP contribution in [0, 0.1) is 5.82 Å². The molecule has 0 N–H and O–H groups in total. The van der Waals surface area contributed by atoms with Crippen LogP contribution in [0.1, 0.15) is 0 Å². The van der Waals surface area contributed by atoms with Crippen molar-refractivity contribution in [3.8, 4) is 0 Å². The van der Waals surface area contributed by atoms with Gasteiger partial charge in [0.15, 0.2) is 5.82 Å². The summed E-state index contributed by atoms with van der Waals surface area (Å²) in [5.74, 6) is -0.608. The number of halogens is 5. The van der Waals surface area contributed by atoms with E-state index in [4.69, 9.17) is 34.8 Å². The highest BCUT2D eigenvalue weighted by Crippen LogP contribution is 2.34. The maximum absolute atomic E-state index is 13.7. The van der Waals surface area contributed by atoms with Crippen molar-refractivity contribution in [1.82, 2.24) is 9.97 Å². The number of rotatable bonds is 0. The standard InChI is InChI=1S/C8HBrCl3FN2/c9-4-3(10)1-2-6(5(4)13)14-8(12)15-7(2)11/h1H. The van der Waals surface area contributed by atoms with Crippen molar-refractivity contribution >= 4 is 61.6 Å². The highest BCUT2D eigenvalue weighted by molar-refractivity contribution is 9.10. The van der Waals surface area contributed by atoms with Gasteiger partial charge >= 0.3 is 0 Å². The minimum Gasteiger partial charge on any atom is -0.215 e. The van der Waals surface area contributed by atoms with E-state index in [1.54, 1.807) is 0 Å². The second-order valence-corrected chi connectivity index (χ2v) is 4.56. The Morgan fingerprint density at radius 2 is 1.87 bits per heavy atom. The van der Waals surface area contributed by atoms with E-state index in [0.29, 0.717) is 5.39 Å². The van der Waals surface area contributed by atoms with Gasteiger partial charge in [0.25, 0.3) is 0 Å². The zero-order valence-electron chi connectivity index (χ0n) is 6.86. The van der Waals surface area contributed by atoms with Crippen molar-refractivity contribution in [3.05, 3.63) is 31.8 Å². The van der Waals surface area contributed by atoms with Crippen molar-refractivity contribution in [3.63, 3.8) is 0 Å². The maximum Gasteiger partial charge on any atom is 0.224 e. The largest absolute Gasteiger partial charge is 0.224 e. The van der Waals surface area contributed by atoms with E-state index in [0.717, 1.165) is 0 Å². The van der Waals surface area contributed by atoms with Gasteiger partial charge in [-0.15, -0.1) is 0 Å². The zero-order valence-corrected chi connectivity index (χ0v) is 10.7. The first-order valence-corrected chi connectivity index (χ1v) is 5.59. The average molecular weight is 330 g/mol. The van der Waals surface area contributed by atoms with Gasteiger partial charge in [-0.1, -0.05) is 23.2 Å². The smallest absolute Gasteiger partial charge is 0.215 e. The third kappa shape index (κ3) is 1.91. The van der Waals surface area contributed by atoms with Crippen molar-refractivity contribution in [2.45, 2.75) is 0 Å². The van der Waals surface area contributed by atoms with Crippen LogP contribution < -0.4 is 0 Å². The molecule has 0 saturated carbocycles. The van der Waals surface area contributed by atoms with Crippen LogP contribution in [0.15, 0.2) is 10.5 Å². The predicted octanol–water partition coefficient (Wildman–Crippen LogP) is 4.49. The number of benzene rings is 1. The van der Waals surface area contributed by atoms with E-state index in [9.17, 15) is 4.39 Å². The van der Waals surface area contributed by atoms with Crippen LogP contribution >= 0.6 is 50.7 Å². The lowest BCUT2D eigenvalue weighted by atomic mass is 10.2. The summed E-state index contributed by atoms with van der Waals surface area (Å²) >= 11 is 20.1. The predicted molar refractivity (Wildman–Crippen MR) is 62.2 cm³/mol. The molecule has 0 saturated heterocycles. The van der Waals surface area contributed by atoms with Crippen LogP contribution in [-0.4, -0.2) is 9.97 Å². The SMILES string of the molecule is Fc1c(Br)c(Cl)cc2c(Cl)nc(Cl)nc12. The van der Waals surface area contributed by atoms with E-state index in [1.807, 2.05) is 0 Å². The first-order chi connectivity index (χ1) is 7.00. The summed E-state index contributed by atoms with van der Waals surface area (Å²) < 4.78 is 13.8. The zero-order chi connectivity index (χ0) is 11.2. The van der Waals surface area contributed by atoms with E-state index in [2.05, 4.69) is 25.9 Å². The van der Waals surface area contributed by atoms with Gasteiger partial charge in [-0.25, -0.2) is 14.4 Å². The molecule has 1 heterocycles. The monoisotopic (exact) mass is 328 g/mol. The number of hydrogen-bond acceptors (Lipinski definition) is 2. The first kappa shape index (κ1) is 11.3. The van der Waals surface area contributed by atoms with Crippen LogP contribution in [0.2, 0.25) is 15.5 Å². The number of aromatic nitrogens is 2. The number of nitrogens with zero attached hydrogens (tertiary/aromatic N) is 2. The molecule has 0 aliphatic carbocycles. The summed E-state index contributed by atoms with van der Waals surface area (Å²) in [6, 6.07) is 1.47. The summed E-state index contributed by atoms with van der Waals surface area (Å²) in [6.07, 6.45) is 0. The summed E-state index contributed by atoms with van der Waals surface area (Å²) in [5.41, 5.74) is 0.0382. The molecule has 78 valence electrons. The summed E-state index contributed by atoms with van der Waals surface area (Å²) in [7, 11) is 0. The van der Waals surface area contributed by atoms with Crippen LogP contribution in [0.3, 0.4) is 0 Å². The van der Waals surface area contributed by atoms with Crippen LogP contribution in [0.25, 0.3) is 10.9 Å². The molecule has 0 fully saturated rings. The second kappa shape index (κ2) is 4.01. The lowest BCUT2D eigenvalue weighted by molar-refractivity contribution is 0.630. The van der Waals surface area contributed by atoms with Gasteiger partial charge in [0.1, 0.15) is 10.7 Å². The van der Waals surface area contributed by atoms with Crippen LogP contribution in [0.4, 0.5) is 4.39 Å². The maximum atomic E-state index is 13.7.